The summed E-state index contributed by atoms with van der Waals surface area (Å²) in [5, 5.41) is 47.7. The number of carbonyl (C=O) groups is 3. The van der Waals surface area contributed by atoms with Gasteiger partial charge >= 0.3 is 103 Å². The van der Waals surface area contributed by atoms with Crippen LogP contribution in [0.15, 0.2) is 24.3 Å². The van der Waals surface area contributed by atoms with E-state index in [1.54, 1.807) is 0 Å². The molecule has 20 heteroatoms. The van der Waals surface area contributed by atoms with Crippen molar-refractivity contribution in [2.45, 2.75) is 182 Å². The molecule has 2 heterocycles. The van der Waals surface area contributed by atoms with Crippen LogP contribution >= 0.6 is 15.9 Å². The average molecular weight is 1210 g/mol. The first-order chi connectivity index (χ1) is 35.4. The van der Waals surface area contributed by atoms with Crippen molar-refractivity contribution in [2.75, 3.05) is 5.33 Å². The van der Waals surface area contributed by atoms with E-state index >= 15 is 0 Å². The van der Waals surface area contributed by atoms with Crippen molar-refractivity contribution in [1.29, 1.82) is 0 Å². The van der Waals surface area contributed by atoms with Crippen LogP contribution in [0.5, 0.6) is 0 Å². The largest absolute Gasteiger partial charge is 1.00 e. The number of aromatic amines is 1. The van der Waals surface area contributed by atoms with Crippen molar-refractivity contribution in [3.8, 4) is 0 Å². The number of aromatic nitrogens is 6. The average Bonchev–Trinajstić information content (AvgIpc) is 4.19. The summed E-state index contributed by atoms with van der Waals surface area (Å²) in [4.78, 5) is 37.4. The van der Waals surface area contributed by atoms with Gasteiger partial charge in [0.15, 0.2) is 29.1 Å². The molecule has 0 unspecified atom stereocenters. The molecule has 0 bridgehead atoms. The number of fused-ring (bicyclic) bond motifs is 12. The third-order valence-electron chi connectivity index (χ3n) is 22.1. The second-order valence-electron chi connectivity index (χ2n) is 25.9. The molecule has 4 aromatic rings. The quantitative estimate of drug-likeness (QED) is 0.0553. The smallest absolute Gasteiger partial charge is 1.00 e. The number of H-pyrrole nitrogens is 1. The molecule has 2 aromatic heterocycles. The van der Waals surface area contributed by atoms with E-state index in [9.17, 15) is 37.4 Å². The Hall–Kier alpha value is -0.597. The summed E-state index contributed by atoms with van der Waals surface area (Å²) in [6.45, 7) is 13.7. The van der Waals surface area contributed by atoms with Crippen LogP contribution in [0.3, 0.4) is 0 Å². The predicted octanol–water partition coefficient (Wildman–Crippen LogP) is 5.48. The Bertz CT molecular complexity index is 2740. The molecule has 0 amide bonds. The van der Waals surface area contributed by atoms with Crippen molar-refractivity contribution in [1.82, 2.24) is 30.4 Å². The van der Waals surface area contributed by atoms with Crippen molar-refractivity contribution in [3.63, 3.8) is 0 Å². The van der Waals surface area contributed by atoms with Crippen LogP contribution in [0, 0.1) is 104 Å². The van der Waals surface area contributed by atoms with Crippen LogP contribution in [-0.2, 0) is 25.8 Å². The first-order valence-electron chi connectivity index (χ1n) is 27.5. The number of hydrogen-bond donors (Lipinski definition) is 3. The number of benzene rings is 2. The number of nitrogens with zero attached hydrogens (tertiary/aromatic N) is 5. The number of nitrogens with one attached hydrogen (secondary N) is 1. The van der Waals surface area contributed by atoms with Crippen LogP contribution in [0.25, 0.3) is 22.1 Å². The first-order valence-corrected chi connectivity index (χ1v) is 28.7. The molecule has 78 heavy (non-hydrogen) atoms. The predicted molar refractivity (Wildman–Crippen MR) is 282 cm³/mol. The van der Waals surface area contributed by atoms with Gasteiger partial charge in [-0.1, -0.05) is 56.3 Å². The number of halogens is 5. The van der Waals surface area contributed by atoms with Gasteiger partial charge in [-0.05, 0) is 198 Å². The van der Waals surface area contributed by atoms with Gasteiger partial charge in [0.1, 0.15) is 28.9 Å². The van der Waals surface area contributed by atoms with Crippen LogP contribution in [-0.4, -0.2) is 75.2 Å². The summed E-state index contributed by atoms with van der Waals surface area (Å²) in [5.74, 6) is 2.67. The van der Waals surface area contributed by atoms with Gasteiger partial charge in [0.05, 0.1) is 22.0 Å². The summed E-state index contributed by atoms with van der Waals surface area (Å²) in [5.41, 5.74) is 1.26. The molecule has 0 spiro atoms. The van der Waals surface area contributed by atoms with Crippen LogP contribution < -0.4 is 108 Å². The molecule has 8 aliphatic carbocycles. The van der Waals surface area contributed by atoms with E-state index in [0.29, 0.717) is 68.1 Å². The summed E-state index contributed by atoms with van der Waals surface area (Å²) >= 11 is 3.43. The number of ketones is 2. The van der Waals surface area contributed by atoms with E-state index < -0.39 is 34.5 Å². The van der Waals surface area contributed by atoms with Gasteiger partial charge in [-0.3, -0.25) is 14.4 Å². The van der Waals surface area contributed by atoms with Crippen molar-refractivity contribution in [2.24, 2.45) is 80.8 Å². The summed E-state index contributed by atoms with van der Waals surface area (Å²) < 4.78 is 53.8. The van der Waals surface area contributed by atoms with E-state index in [1.807, 2.05) is 13.8 Å². The minimum Gasteiger partial charge on any atom is -1.00 e. The first kappa shape index (κ1) is 66.5. The molecule has 3 N–H and O–H groups in total. The normalized spacial score (nSPS) is 38.7. The molecule has 12 rings (SSSR count). The van der Waals surface area contributed by atoms with Gasteiger partial charge < -0.3 is 21.8 Å². The SMILES string of the molecule is C.C[C@@]1(O)CC[C@@]2(C)[C@@H](CC[C@@H]3[C@@H]2CC[C@]2(C)[C@@H](C(=O)CBr)CC[C@@H]32)C1.C[C@@]1(O)CC[C@@]2(C)[C@@H](CC[C@@H]3[C@@H]2CC[C@]2(C)[C@@H](C(=O)Cn4nnc5cc(F)c(F)cc54)CC[C@@H]32)C1.Fc1cc2n[nH]nc2cc1F.O=CO[O-].[H-].[K+].[K+]. The Morgan fingerprint density at radius 2 is 1.06 bits per heavy atom. The van der Waals surface area contributed by atoms with Crippen LogP contribution in [0.4, 0.5) is 17.6 Å². The van der Waals surface area contributed by atoms with E-state index in [4.69, 9.17) is 10.1 Å². The van der Waals surface area contributed by atoms with Crippen molar-refractivity contribution in [3.05, 3.63) is 47.5 Å². The Labute approximate surface area is 552 Å². The van der Waals surface area contributed by atoms with E-state index in [1.165, 1.54) is 56.0 Å². The standard InChI is InChI=1S/C28H37F2N3O2.C22H35BrO2.C6H3F2N3.CH2O3.CH4.2K.H/c1-26(35)10-11-27(2)16(14-26)4-5-17-18-6-7-20(28(18,3)9-8-19(17)27)25(34)15-33-24-13-22(30)21(29)12-23(24)31-32-33;1-20(25)10-11-21(2)14(12-20)4-5-15-16-6-7-18(19(24)13-23)22(16,3)9-8-17(15)21;7-3-1-5-6(2-4(3)8)10-11-9-5;2-1-4-3;;;;/h12-13,16-20,35H,4-11,14-15H2,1-3H3;14-18,25H,4-13H2,1-3H3;1-2H,(H,9,10,11);1,3H;1H4;;;/q;;;;;2*+1;-1/p-1/t16-,17-,18-,19-,20+,26+,27-,28-;14-,15-,16-,17-,18+,20+,21-,22-;;;;;;/m00....../s1. The zero-order chi connectivity index (χ0) is 54.0. The molecular formula is C58H81BrF4K2N6O7. The Morgan fingerprint density at radius 3 is 1.50 bits per heavy atom. The van der Waals surface area contributed by atoms with Crippen LogP contribution in [0.2, 0.25) is 0 Å². The molecule has 422 valence electrons. The fraction of sp³-hybridized carbons (Fsp3) is 0.741. The molecule has 8 aliphatic rings. The Balaban J connectivity index is 0.000000227. The molecule has 0 saturated heterocycles. The number of hydrogen-bond acceptors (Lipinski definition) is 11. The maximum atomic E-state index is 13.8. The monoisotopic (exact) mass is 1210 g/mol. The minimum absolute atomic E-state index is 0. The van der Waals surface area contributed by atoms with E-state index in [2.05, 4.69) is 74.2 Å². The number of alkyl halides is 1. The number of carbonyl (C=O) groups excluding carboxylic acids is 3. The fourth-order valence-corrected chi connectivity index (χ4v) is 18.6. The molecule has 8 fully saturated rings. The molecule has 16 atom stereocenters. The van der Waals surface area contributed by atoms with E-state index in [0.717, 1.165) is 106 Å². The molecule has 13 nitrogen and oxygen atoms in total. The number of aliphatic hydroxyl groups is 2. The van der Waals surface area contributed by atoms with Crippen LogP contribution in [0.1, 0.15) is 166 Å². The third-order valence-corrected chi connectivity index (χ3v) is 22.6. The van der Waals surface area contributed by atoms with Gasteiger partial charge in [0.25, 0.3) is 6.47 Å². The van der Waals surface area contributed by atoms with Gasteiger partial charge in [-0.2, -0.15) is 15.4 Å². The number of rotatable bonds is 6. The maximum Gasteiger partial charge on any atom is 1.00 e. The second kappa shape index (κ2) is 25.9. The molecule has 0 aliphatic heterocycles. The summed E-state index contributed by atoms with van der Waals surface area (Å²) in [6, 6.07) is 4.11. The Kier molecular flexibility index (Phi) is 22.1. The Morgan fingerprint density at radius 1 is 0.654 bits per heavy atom. The molecule has 0 radical (unpaired) electrons. The topological polar surface area (TPSA) is 196 Å². The third kappa shape index (κ3) is 12.7. The van der Waals surface area contributed by atoms with Gasteiger partial charge in [-0.15, -0.1) is 5.10 Å². The van der Waals surface area contributed by atoms with Gasteiger partial charge in [-0.25, -0.2) is 22.2 Å². The maximum absolute atomic E-state index is 13.8. The number of Topliss-reactive ketones (excluding diaryl/α,β-unsaturated/α-hetero) is 2. The fourth-order valence-electron chi connectivity index (χ4n) is 18.2. The summed E-state index contributed by atoms with van der Waals surface area (Å²) in [6.07, 6.45) is 20.2. The van der Waals surface area contributed by atoms with Crippen molar-refractivity contribution >= 4 is 56.0 Å². The zero-order valence-corrected chi connectivity index (χ0v) is 54.2. The van der Waals surface area contributed by atoms with E-state index in [-0.39, 0.29) is 159 Å². The van der Waals surface area contributed by atoms with Crippen molar-refractivity contribution < 1.29 is 156 Å². The summed E-state index contributed by atoms with van der Waals surface area (Å²) in [7, 11) is 0. The molecule has 2 aromatic carbocycles. The molecular weight excluding hydrogens is 1130 g/mol. The van der Waals surface area contributed by atoms with Gasteiger partial charge in [0.2, 0.25) is 0 Å². The molecule has 8 saturated carbocycles. The minimum atomic E-state index is -0.955. The zero-order valence-electron chi connectivity index (χ0n) is 47.4. The second-order valence-corrected chi connectivity index (χ2v) is 26.5. The van der Waals surface area contributed by atoms with Gasteiger partial charge in [0, 0.05) is 36.1 Å².